The Hall–Kier alpha value is -3.26. The first-order valence-electron chi connectivity index (χ1n) is 8.12. The fourth-order valence-electron chi connectivity index (χ4n) is 2.63. The number of hydrogen-bond donors (Lipinski definition) is 0. The fraction of sp³-hybridized carbons (Fsp3) is 0.167. The Labute approximate surface area is 158 Å². The molecular formula is C18H14ClN4O4-. The molecule has 0 aliphatic heterocycles. The minimum absolute atomic E-state index is 0.0283. The summed E-state index contributed by atoms with van der Waals surface area (Å²) >= 11 is 5.85. The first-order valence-corrected chi connectivity index (χ1v) is 8.50. The number of aryl methyl sites for hydroxylation is 1. The van der Waals surface area contributed by atoms with Crippen LogP contribution in [0.4, 0.5) is 5.69 Å². The molecule has 3 rings (SSSR count). The fourth-order valence-corrected chi connectivity index (χ4v) is 2.85. The van der Waals surface area contributed by atoms with Crippen molar-refractivity contribution in [3.05, 3.63) is 73.3 Å². The van der Waals surface area contributed by atoms with Crippen LogP contribution < -0.4 is 10.7 Å². The van der Waals surface area contributed by atoms with Gasteiger partial charge in [0.1, 0.15) is 5.82 Å². The summed E-state index contributed by atoms with van der Waals surface area (Å²) in [6, 6.07) is 9.12. The van der Waals surface area contributed by atoms with Gasteiger partial charge < -0.3 is 5.11 Å². The quantitative estimate of drug-likeness (QED) is 0.380. The third-order valence-electron chi connectivity index (χ3n) is 3.87. The van der Waals surface area contributed by atoms with Crippen LogP contribution in [-0.2, 0) is 6.42 Å². The Morgan fingerprint density at radius 2 is 2.07 bits per heavy atom. The van der Waals surface area contributed by atoms with Gasteiger partial charge in [-0.05, 0) is 35.9 Å². The first kappa shape index (κ1) is 18.5. The first-order chi connectivity index (χ1) is 12.9. The SMILES string of the molecule is CCCc1nc2ccccc2c(=O)n1/N=C\c1cc(Cl)cc([N+](=O)[O-])c1[O-]. The molecule has 2 aromatic carbocycles. The summed E-state index contributed by atoms with van der Waals surface area (Å²) in [5, 5.41) is 27.7. The summed E-state index contributed by atoms with van der Waals surface area (Å²) in [6.45, 7) is 1.94. The minimum atomic E-state index is -0.827. The van der Waals surface area contributed by atoms with Crippen molar-refractivity contribution in [1.82, 2.24) is 9.66 Å². The van der Waals surface area contributed by atoms with Gasteiger partial charge in [-0.15, -0.1) is 0 Å². The number of benzene rings is 2. The Kier molecular flexibility index (Phi) is 5.18. The number of rotatable bonds is 5. The maximum absolute atomic E-state index is 12.8. The molecule has 1 aromatic heterocycles. The lowest BCUT2D eigenvalue weighted by Gasteiger charge is -2.12. The summed E-state index contributed by atoms with van der Waals surface area (Å²) in [4.78, 5) is 27.4. The second-order valence-corrected chi connectivity index (χ2v) is 6.19. The molecule has 138 valence electrons. The van der Waals surface area contributed by atoms with Crippen molar-refractivity contribution >= 4 is 34.4 Å². The van der Waals surface area contributed by atoms with Gasteiger partial charge in [0.25, 0.3) is 11.2 Å². The number of nitro benzene ring substituents is 1. The maximum Gasteiger partial charge on any atom is 0.282 e. The summed E-state index contributed by atoms with van der Waals surface area (Å²) in [5.74, 6) is -0.395. The average Bonchev–Trinajstić information content (AvgIpc) is 2.64. The van der Waals surface area contributed by atoms with E-state index in [1.807, 2.05) is 6.92 Å². The lowest BCUT2D eigenvalue weighted by atomic mass is 10.2. The van der Waals surface area contributed by atoms with Crippen molar-refractivity contribution in [1.29, 1.82) is 0 Å². The van der Waals surface area contributed by atoms with Gasteiger partial charge in [0.2, 0.25) is 0 Å². The number of fused-ring (bicyclic) bond motifs is 1. The van der Waals surface area contributed by atoms with Crippen molar-refractivity contribution in [3.8, 4) is 5.75 Å². The highest BCUT2D eigenvalue weighted by atomic mass is 35.5. The molecule has 0 aliphatic carbocycles. The average molecular weight is 386 g/mol. The number of nitrogens with zero attached hydrogens (tertiary/aromatic N) is 4. The van der Waals surface area contributed by atoms with Gasteiger partial charge in [-0.25, -0.2) is 4.98 Å². The Morgan fingerprint density at radius 3 is 2.78 bits per heavy atom. The third kappa shape index (κ3) is 3.65. The Morgan fingerprint density at radius 1 is 1.33 bits per heavy atom. The highest BCUT2D eigenvalue weighted by molar-refractivity contribution is 6.31. The van der Waals surface area contributed by atoms with Gasteiger partial charge in [0.15, 0.2) is 0 Å². The van der Waals surface area contributed by atoms with Crippen LogP contribution in [0.3, 0.4) is 0 Å². The molecule has 0 bridgehead atoms. The van der Waals surface area contributed by atoms with E-state index in [1.165, 1.54) is 6.07 Å². The highest BCUT2D eigenvalue weighted by Gasteiger charge is 2.13. The van der Waals surface area contributed by atoms with Crippen molar-refractivity contribution in [2.45, 2.75) is 19.8 Å². The van der Waals surface area contributed by atoms with Crippen LogP contribution in [0.5, 0.6) is 5.75 Å². The third-order valence-corrected chi connectivity index (χ3v) is 4.08. The summed E-state index contributed by atoms with van der Waals surface area (Å²) in [7, 11) is 0. The number of hydrogen-bond acceptors (Lipinski definition) is 6. The Bertz CT molecular complexity index is 1120. The lowest BCUT2D eigenvalue weighted by Crippen LogP contribution is -2.22. The molecule has 0 N–H and O–H groups in total. The normalized spacial score (nSPS) is 11.3. The molecule has 27 heavy (non-hydrogen) atoms. The molecule has 0 radical (unpaired) electrons. The Balaban J connectivity index is 2.17. The van der Waals surface area contributed by atoms with Gasteiger partial charge >= 0.3 is 0 Å². The molecule has 0 saturated heterocycles. The lowest BCUT2D eigenvalue weighted by molar-refractivity contribution is -0.398. The predicted molar refractivity (Wildman–Crippen MR) is 101 cm³/mol. The molecule has 0 amide bonds. The van der Waals surface area contributed by atoms with Crippen LogP contribution in [0.25, 0.3) is 10.9 Å². The van der Waals surface area contributed by atoms with Gasteiger partial charge in [0.05, 0.1) is 22.0 Å². The van der Waals surface area contributed by atoms with E-state index in [9.17, 15) is 20.0 Å². The summed E-state index contributed by atoms with van der Waals surface area (Å²) in [5.41, 5.74) is -0.567. The standard InChI is InChI=1S/C18H15ClN4O4/c1-2-5-16-21-14-7-4-3-6-13(14)18(25)22(16)20-10-11-8-12(19)9-15(17(11)24)23(26)27/h3-4,6-10,24H,2,5H2,1H3/p-1/b20-10-. The van der Waals surface area contributed by atoms with E-state index in [0.717, 1.165) is 23.4 Å². The van der Waals surface area contributed by atoms with Gasteiger partial charge in [0, 0.05) is 17.5 Å². The monoisotopic (exact) mass is 385 g/mol. The molecule has 9 heteroatoms. The predicted octanol–water partition coefficient (Wildman–Crippen LogP) is 2.87. The topological polar surface area (TPSA) is 113 Å². The van der Waals surface area contributed by atoms with Crippen LogP contribution >= 0.6 is 11.6 Å². The van der Waals surface area contributed by atoms with E-state index in [1.54, 1.807) is 24.3 Å². The largest absolute Gasteiger partial charge is 0.867 e. The molecule has 8 nitrogen and oxygen atoms in total. The second kappa shape index (κ2) is 7.55. The smallest absolute Gasteiger partial charge is 0.282 e. The van der Waals surface area contributed by atoms with Crippen molar-refractivity contribution in [2.24, 2.45) is 5.10 Å². The van der Waals surface area contributed by atoms with E-state index in [0.29, 0.717) is 23.1 Å². The van der Waals surface area contributed by atoms with Gasteiger partial charge in [-0.2, -0.15) is 9.78 Å². The summed E-state index contributed by atoms with van der Waals surface area (Å²) < 4.78 is 1.11. The molecular weight excluding hydrogens is 372 g/mol. The van der Waals surface area contributed by atoms with Crippen LogP contribution in [0.2, 0.25) is 5.02 Å². The van der Waals surface area contributed by atoms with Crippen LogP contribution in [-0.4, -0.2) is 20.8 Å². The van der Waals surface area contributed by atoms with Crippen LogP contribution in [0.1, 0.15) is 24.7 Å². The maximum atomic E-state index is 12.8. The molecule has 3 aromatic rings. The molecule has 0 saturated carbocycles. The zero-order valence-corrected chi connectivity index (χ0v) is 15.0. The van der Waals surface area contributed by atoms with Crippen molar-refractivity contribution in [2.75, 3.05) is 0 Å². The molecule has 0 spiro atoms. The number of aromatic nitrogens is 2. The molecule has 0 atom stereocenters. The van der Waals surface area contributed by atoms with Gasteiger partial charge in [-0.3, -0.25) is 14.9 Å². The van der Waals surface area contributed by atoms with Crippen molar-refractivity contribution < 1.29 is 10.0 Å². The number of para-hydroxylation sites is 1. The van der Waals surface area contributed by atoms with Gasteiger partial charge in [-0.1, -0.05) is 30.7 Å². The van der Waals surface area contributed by atoms with Crippen LogP contribution in [0, 0.1) is 10.1 Å². The van der Waals surface area contributed by atoms with E-state index in [4.69, 9.17) is 11.6 Å². The molecule has 1 heterocycles. The number of halogens is 1. The zero-order valence-electron chi connectivity index (χ0n) is 14.3. The van der Waals surface area contributed by atoms with Crippen LogP contribution in [0.15, 0.2) is 46.3 Å². The highest BCUT2D eigenvalue weighted by Crippen LogP contribution is 2.30. The zero-order chi connectivity index (χ0) is 19.6. The number of nitro groups is 1. The molecule has 0 fully saturated rings. The second-order valence-electron chi connectivity index (χ2n) is 5.76. The molecule has 0 aliphatic rings. The van der Waals surface area contributed by atoms with Crippen molar-refractivity contribution in [3.63, 3.8) is 0 Å². The van der Waals surface area contributed by atoms with E-state index in [-0.39, 0.29) is 16.1 Å². The molecule has 0 unspecified atom stereocenters. The minimum Gasteiger partial charge on any atom is -0.867 e. The summed E-state index contributed by atoms with van der Waals surface area (Å²) in [6.07, 6.45) is 2.32. The van der Waals surface area contributed by atoms with E-state index >= 15 is 0 Å². The van der Waals surface area contributed by atoms with E-state index in [2.05, 4.69) is 10.1 Å². The van der Waals surface area contributed by atoms with E-state index < -0.39 is 16.4 Å².